The van der Waals surface area contributed by atoms with Crippen molar-refractivity contribution in [1.29, 1.82) is 0 Å². The Morgan fingerprint density at radius 2 is 1.90 bits per heavy atom. The van der Waals surface area contributed by atoms with Gasteiger partial charge >= 0.3 is 0 Å². The van der Waals surface area contributed by atoms with Crippen LogP contribution in [0, 0.1) is 5.82 Å². The number of carbonyl (C=O) groups excluding carboxylic acids is 1. The molecule has 9 heteroatoms. The second-order valence-electron chi connectivity index (χ2n) is 6.24. The van der Waals surface area contributed by atoms with E-state index in [-0.39, 0.29) is 11.8 Å². The van der Waals surface area contributed by atoms with Crippen LogP contribution in [0.2, 0.25) is 0 Å². The molecule has 0 fully saturated rings. The van der Waals surface area contributed by atoms with Crippen molar-refractivity contribution in [3.63, 3.8) is 0 Å². The van der Waals surface area contributed by atoms with E-state index in [1.165, 1.54) is 26.4 Å². The van der Waals surface area contributed by atoms with Crippen molar-refractivity contribution in [2.75, 3.05) is 19.5 Å². The van der Waals surface area contributed by atoms with E-state index in [2.05, 4.69) is 20.5 Å². The summed E-state index contributed by atoms with van der Waals surface area (Å²) in [6.45, 7) is 2.56. The maximum absolute atomic E-state index is 13.7. The van der Waals surface area contributed by atoms with Crippen LogP contribution in [0.4, 0.5) is 10.3 Å². The second-order valence-corrected chi connectivity index (χ2v) is 6.24. The van der Waals surface area contributed by atoms with Crippen molar-refractivity contribution >= 4 is 33.9 Å². The lowest BCUT2D eigenvalue weighted by molar-refractivity contribution is 0.102. The molecule has 2 aromatic carbocycles. The number of methoxy groups -OCH3 is 2. The van der Waals surface area contributed by atoms with Crippen molar-refractivity contribution in [3.05, 3.63) is 47.8 Å². The summed E-state index contributed by atoms with van der Waals surface area (Å²) in [7, 11) is 3.01. The maximum Gasteiger partial charge on any atom is 0.258 e. The van der Waals surface area contributed by atoms with Crippen LogP contribution >= 0.6 is 0 Å². The Kier molecular flexibility index (Phi) is 4.71. The smallest absolute Gasteiger partial charge is 0.258 e. The van der Waals surface area contributed by atoms with Gasteiger partial charge in [0.05, 0.1) is 19.7 Å². The fourth-order valence-corrected chi connectivity index (χ4v) is 3.25. The van der Waals surface area contributed by atoms with E-state index < -0.39 is 5.91 Å². The third-order valence-electron chi connectivity index (χ3n) is 4.62. The van der Waals surface area contributed by atoms with Gasteiger partial charge in [0, 0.05) is 17.5 Å². The first-order valence-electron chi connectivity index (χ1n) is 8.91. The first kappa shape index (κ1) is 18.6. The molecule has 1 N–H and O–H groups in total. The van der Waals surface area contributed by atoms with Crippen LogP contribution in [0.5, 0.6) is 11.5 Å². The molecule has 2 heterocycles. The van der Waals surface area contributed by atoms with Gasteiger partial charge in [-0.2, -0.15) is 4.98 Å². The molecule has 0 spiro atoms. The third-order valence-corrected chi connectivity index (χ3v) is 4.62. The first-order chi connectivity index (χ1) is 14.0. The molecule has 0 atom stereocenters. The van der Waals surface area contributed by atoms with Gasteiger partial charge in [0.15, 0.2) is 17.1 Å². The highest BCUT2D eigenvalue weighted by atomic mass is 19.1. The van der Waals surface area contributed by atoms with Crippen molar-refractivity contribution in [3.8, 4) is 11.5 Å². The number of ether oxygens (including phenoxy) is 2. The van der Waals surface area contributed by atoms with Crippen LogP contribution in [0.3, 0.4) is 0 Å². The summed E-state index contributed by atoms with van der Waals surface area (Å²) in [6.07, 6.45) is 0. The van der Waals surface area contributed by atoms with Gasteiger partial charge in [-0.1, -0.05) is 0 Å². The van der Waals surface area contributed by atoms with E-state index in [4.69, 9.17) is 9.47 Å². The second kappa shape index (κ2) is 7.34. The van der Waals surface area contributed by atoms with E-state index in [1.807, 2.05) is 11.5 Å². The predicted molar refractivity (Wildman–Crippen MR) is 106 cm³/mol. The van der Waals surface area contributed by atoms with Crippen molar-refractivity contribution < 1.29 is 18.7 Å². The summed E-state index contributed by atoms with van der Waals surface area (Å²) < 4.78 is 26.0. The Morgan fingerprint density at radius 3 is 2.62 bits per heavy atom. The number of amides is 1. The molecule has 2 aromatic heterocycles. The SMILES string of the molecule is CCn1c2ccc(F)cc2c2nnc(NC(=O)c3ccc(OC)c(OC)c3)nc21. The number of nitrogens with zero attached hydrogens (tertiary/aromatic N) is 4. The van der Waals surface area contributed by atoms with Gasteiger partial charge in [-0.3, -0.25) is 10.1 Å². The number of aromatic nitrogens is 4. The normalized spacial score (nSPS) is 11.0. The van der Waals surface area contributed by atoms with E-state index in [1.54, 1.807) is 24.3 Å². The Labute approximate surface area is 165 Å². The standard InChI is InChI=1S/C20H18FN5O3/c1-4-26-14-7-6-12(21)10-13(14)17-18(26)22-20(25-24-17)23-19(27)11-5-8-15(28-2)16(9-11)29-3/h5-10H,4H2,1-3H3,(H,22,23,25,27). The molecule has 0 radical (unpaired) electrons. The number of fused-ring (bicyclic) bond motifs is 3. The van der Waals surface area contributed by atoms with Gasteiger partial charge < -0.3 is 14.0 Å². The highest BCUT2D eigenvalue weighted by molar-refractivity contribution is 6.06. The fourth-order valence-electron chi connectivity index (χ4n) is 3.25. The molecule has 4 aromatic rings. The Bertz CT molecular complexity index is 1240. The topological polar surface area (TPSA) is 91.2 Å². The molecular weight excluding hydrogens is 377 g/mol. The average Bonchev–Trinajstić information content (AvgIpc) is 3.05. The molecule has 4 rings (SSSR count). The molecule has 0 aliphatic heterocycles. The zero-order valence-corrected chi connectivity index (χ0v) is 16.1. The van der Waals surface area contributed by atoms with Crippen molar-refractivity contribution in [2.45, 2.75) is 13.5 Å². The fraction of sp³-hybridized carbons (Fsp3) is 0.200. The molecule has 0 bridgehead atoms. The number of nitrogens with one attached hydrogen (secondary N) is 1. The number of benzene rings is 2. The van der Waals surface area contributed by atoms with Gasteiger partial charge in [0.2, 0.25) is 0 Å². The van der Waals surface area contributed by atoms with Crippen molar-refractivity contribution in [2.24, 2.45) is 0 Å². The van der Waals surface area contributed by atoms with E-state index in [0.717, 1.165) is 5.52 Å². The molecule has 29 heavy (non-hydrogen) atoms. The van der Waals surface area contributed by atoms with E-state index >= 15 is 0 Å². The molecule has 0 saturated carbocycles. The molecular formula is C20H18FN5O3. The number of aryl methyl sites for hydroxylation is 1. The van der Waals surface area contributed by atoms with E-state index in [0.29, 0.717) is 40.2 Å². The number of anilines is 1. The number of hydrogen-bond acceptors (Lipinski definition) is 6. The zero-order chi connectivity index (χ0) is 20.5. The van der Waals surface area contributed by atoms with Gasteiger partial charge in [0.25, 0.3) is 11.9 Å². The summed E-state index contributed by atoms with van der Waals surface area (Å²) >= 11 is 0. The first-order valence-corrected chi connectivity index (χ1v) is 8.91. The van der Waals surface area contributed by atoms with Crippen LogP contribution in [0.25, 0.3) is 22.1 Å². The van der Waals surface area contributed by atoms with Crippen LogP contribution in [0.15, 0.2) is 36.4 Å². The molecule has 0 aliphatic carbocycles. The molecule has 1 amide bonds. The minimum absolute atomic E-state index is 0.0512. The third kappa shape index (κ3) is 3.20. The Morgan fingerprint density at radius 1 is 1.10 bits per heavy atom. The Balaban J connectivity index is 1.71. The molecule has 0 unspecified atom stereocenters. The highest BCUT2D eigenvalue weighted by Crippen LogP contribution is 2.29. The lowest BCUT2D eigenvalue weighted by Crippen LogP contribution is -2.15. The van der Waals surface area contributed by atoms with Gasteiger partial charge in [-0.25, -0.2) is 4.39 Å². The number of rotatable bonds is 5. The molecule has 148 valence electrons. The lowest BCUT2D eigenvalue weighted by Gasteiger charge is -2.09. The van der Waals surface area contributed by atoms with Gasteiger partial charge in [-0.15, -0.1) is 10.2 Å². The van der Waals surface area contributed by atoms with Crippen LogP contribution < -0.4 is 14.8 Å². The number of halogens is 1. The molecule has 8 nitrogen and oxygen atoms in total. The summed E-state index contributed by atoms with van der Waals surface area (Å²) in [6, 6.07) is 9.28. The minimum atomic E-state index is -0.419. The van der Waals surface area contributed by atoms with Crippen LogP contribution in [-0.2, 0) is 6.54 Å². The molecule has 0 saturated heterocycles. The van der Waals surface area contributed by atoms with Gasteiger partial charge in [0.1, 0.15) is 11.3 Å². The van der Waals surface area contributed by atoms with Gasteiger partial charge in [-0.05, 0) is 43.3 Å². The number of hydrogen-bond donors (Lipinski definition) is 1. The predicted octanol–water partition coefficient (Wildman–Crippen LogP) is 3.41. The summed E-state index contributed by atoms with van der Waals surface area (Å²) in [4.78, 5) is 17.1. The van der Waals surface area contributed by atoms with Crippen molar-refractivity contribution in [1.82, 2.24) is 19.7 Å². The van der Waals surface area contributed by atoms with Crippen LogP contribution in [-0.4, -0.2) is 39.9 Å². The van der Waals surface area contributed by atoms with Crippen LogP contribution in [0.1, 0.15) is 17.3 Å². The zero-order valence-electron chi connectivity index (χ0n) is 16.1. The summed E-state index contributed by atoms with van der Waals surface area (Å²) in [5.41, 5.74) is 2.15. The minimum Gasteiger partial charge on any atom is -0.493 e. The summed E-state index contributed by atoms with van der Waals surface area (Å²) in [5, 5.41) is 11.4. The monoisotopic (exact) mass is 395 g/mol. The maximum atomic E-state index is 13.7. The highest BCUT2D eigenvalue weighted by Gasteiger charge is 2.17. The quantitative estimate of drug-likeness (QED) is 0.557. The number of carbonyl (C=O) groups is 1. The lowest BCUT2D eigenvalue weighted by atomic mass is 10.2. The largest absolute Gasteiger partial charge is 0.493 e. The Hall–Kier alpha value is -3.75. The average molecular weight is 395 g/mol. The van der Waals surface area contributed by atoms with E-state index in [9.17, 15) is 9.18 Å². The molecule has 0 aliphatic rings. The summed E-state index contributed by atoms with van der Waals surface area (Å²) in [5.74, 6) is 0.221.